The van der Waals surface area contributed by atoms with Crippen molar-refractivity contribution < 1.29 is 44.0 Å². The van der Waals surface area contributed by atoms with Crippen LogP contribution in [0, 0.1) is 13.1 Å². The van der Waals surface area contributed by atoms with Crippen LogP contribution in [0.25, 0.3) is 9.69 Å². The lowest BCUT2D eigenvalue weighted by molar-refractivity contribution is -0.950. The highest BCUT2D eigenvalue weighted by molar-refractivity contribution is 5.40. The first-order valence-electron chi connectivity index (χ1n) is 5.36. The molecule has 8 heteroatoms. The third-order valence-electron chi connectivity index (χ3n) is 2.23. The summed E-state index contributed by atoms with van der Waals surface area (Å²) in [5.74, 6) is 0. The Hall–Kier alpha value is -2.54. The van der Waals surface area contributed by atoms with E-state index in [1.165, 1.54) is 9.46 Å². The topological polar surface area (TPSA) is 34.9 Å². The molecular weight excluding hydrogens is 315 g/mol. The first-order valence-corrected chi connectivity index (χ1v) is 5.36. The highest BCUT2D eigenvalue weighted by Crippen LogP contribution is 2.06. The summed E-state index contributed by atoms with van der Waals surface area (Å²) in [6.07, 6.45) is 6.51. The normalized spacial score (nSPS) is 8.29. The van der Waals surface area contributed by atoms with Gasteiger partial charge in [0.05, 0.1) is 13.1 Å². The third kappa shape index (κ3) is 5.53. The summed E-state index contributed by atoms with van der Waals surface area (Å²) in [6.45, 7) is 13.7. The highest BCUT2D eigenvalue weighted by atomic mass is 35.5. The van der Waals surface area contributed by atoms with E-state index < -0.39 is 0 Å². The maximum Gasteiger partial charge on any atom is 0.364 e. The van der Waals surface area contributed by atoms with Gasteiger partial charge in [0.25, 0.3) is 0 Å². The Labute approximate surface area is 134 Å². The summed E-state index contributed by atoms with van der Waals surface area (Å²) in [6, 6.07) is 6.57. The zero-order valence-electron chi connectivity index (χ0n) is 10.7. The Balaban J connectivity index is 0.00000200. The quantitative estimate of drug-likeness (QED) is 0.320. The van der Waals surface area contributed by atoms with Crippen LogP contribution in [0.5, 0.6) is 0 Å². The van der Waals surface area contributed by atoms with E-state index in [0.717, 1.165) is 0 Å². The fraction of sp³-hybridized carbons (Fsp3) is 0.0769. The smallest absolute Gasteiger partial charge is 0.364 e. The maximum atomic E-state index is 6.82. The van der Waals surface area contributed by atoms with Crippen molar-refractivity contribution >= 4 is 11.4 Å². The minimum Gasteiger partial charge on any atom is -1.00 e. The van der Waals surface area contributed by atoms with Crippen LogP contribution in [0.4, 0.5) is 11.4 Å². The van der Waals surface area contributed by atoms with Crippen LogP contribution in [-0.4, -0.2) is 6.79 Å². The predicted molar refractivity (Wildman–Crippen MR) is 63.8 cm³/mol. The number of aromatic nitrogens is 2. The lowest BCUT2D eigenvalue weighted by Gasteiger charge is -1.97. The number of pyridine rings is 2. The molecule has 2 heterocycles. The van der Waals surface area contributed by atoms with E-state index in [9.17, 15) is 0 Å². The summed E-state index contributed by atoms with van der Waals surface area (Å²) in [5.41, 5.74) is 1.09. The van der Waals surface area contributed by atoms with Gasteiger partial charge in [0, 0.05) is 33.7 Å². The van der Waals surface area contributed by atoms with Gasteiger partial charge in [-0.2, -0.15) is 0 Å². The van der Waals surface area contributed by atoms with Gasteiger partial charge in [0.15, 0.2) is 11.4 Å². The average Bonchev–Trinajstić information content (AvgIpc) is 2.49. The lowest BCUT2D eigenvalue weighted by Crippen LogP contribution is -3.00. The Bertz CT molecular complexity index is 576. The lowest BCUT2D eigenvalue weighted by atomic mass is 10.4. The van der Waals surface area contributed by atoms with Gasteiger partial charge in [-0.3, -0.25) is 0 Å². The third-order valence-corrected chi connectivity index (χ3v) is 2.23. The van der Waals surface area contributed by atoms with Crippen molar-refractivity contribution in [3.8, 4) is 0 Å². The molecule has 0 radical (unpaired) electrons. The van der Waals surface area contributed by atoms with E-state index in [0.29, 0.717) is 11.4 Å². The van der Waals surface area contributed by atoms with Crippen LogP contribution in [0.2, 0.25) is 0 Å². The standard InChI is InChI=1S/C13H10N4O2.2ClH/c1-14-12-3-7-16(8-4-12)18-11-19-17-9-5-13(15-2)6-10-17;;/h3-10H,11H2;2*1H/q+2;;/p-2. The fourth-order valence-electron chi connectivity index (χ4n) is 1.28. The van der Waals surface area contributed by atoms with Gasteiger partial charge < -0.3 is 24.8 Å². The maximum absolute atomic E-state index is 6.82. The summed E-state index contributed by atoms with van der Waals surface area (Å²) in [4.78, 5) is 17.1. The monoisotopic (exact) mass is 324 g/mol. The van der Waals surface area contributed by atoms with Crippen LogP contribution in [0.1, 0.15) is 0 Å². The van der Waals surface area contributed by atoms with Crippen molar-refractivity contribution in [2.45, 2.75) is 0 Å². The molecular formula is C13H10Cl2N4O2. The van der Waals surface area contributed by atoms with E-state index in [1.54, 1.807) is 49.1 Å². The molecule has 0 aliphatic rings. The van der Waals surface area contributed by atoms with E-state index in [1.807, 2.05) is 0 Å². The molecule has 0 unspecified atom stereocenters. The molecule has 0 spiro atoms. The van der Waals surface area contributed by atoms with Crippen LogP contribution in [-0.2, 0) is 0 Å². The molecule has 2 aromatic rings. The van der Waals surface area contributed by atoms with E-state index in [2.05, 4.69) is 9.69 Å². The van der Waals surface area contributed by atoms with E-state index in [4.69, 9.17) is 22.8 Å². The summed E-state index contributed by atoms with van der Waals surface area (Å²) in [5, 5.41) is 0. The Kier molecular flexibility index (Phi) is 8.24. The Morgan fingerprint density at radius 1 is 0.762 bits per heavy atom. The van der Waals surface area contributed by atoms with Gasteiger partial charge in [-0.15, -0.1) is 0 Å². The van der Waals surface area contributed by atoms with Gasteiger partial charge in [-0.05, 0) is 0 Å². The van der Waals surface area contributed by atoms with Crippen molar-refractivity contribution in [2.24, 2.45) is 0 Å². The van der Waals surface area contributed by atoms with Crippen LogP contribution in [0.15, 0.2) is 49.1 Å². The first kappa shape index (κ1) is 18.5. The van der Waals surface area contributed by atoms with Gasteiger partial charge in [0.2, 0.25) is 24.8 Å². The molecule has 0 atom stereocenters. The molecule has 0 aromatic carbocycles. The second-order valence-electron chi connectivity index (χ2n) is 3.43. The average molecular weight is 325 g/mol. The minimum absolute atomic E-state index is 0. The molecule has 2 aromatic heterocycles. The SMILES string of the molecule is [C-]#[N+]c1cc[n+](OCO[n+]2ccc([N+]#[C-])cc2)cc1.[Cl-].[Cl-]. The van der Waals surface area contributed by atoms with Gasteiger partial charge >= 0.3 is 6.79 Å². The number of rotatable bonds is 4. The minimum atomic E-state index is 0. The predicted octanol–water partition coefficient (Wildman–Crippen LogP) is -5.11. The molecule has 0 amide bonds. The molecule has 6 nitrogen and oxygen atoms in total. The number of hydrogen-bond donors (Lipinski definition) is 0. The molecule has 0 fully saturated rings. The largest absolute Gasteiger partial charge is 1.00 e. The highest BCUT2D eigenvalue weighted by Gasteiger charge is 2.06. The second-order valence-corrected chi connectivity index (χ2v) is 3.43. The van der Waals surface area contributed by atoms with Crippen LogP contribution < -0.4 is 44.0 Å². The van der Waals surface area contributed by atoms with Crippen LogP contribution in [0.3, 0.4) is 0 Å². The molecule has 108 valence electrons. The molecule has 21 heavy (non-hydrogen) atoms. The van der Waals surface area contributed by atoms with Crippen molar-refractivity contribution in [1.29, 1.82) is 0 Å². The number of nitrogens with zero attached hydrogens (tertiary/aromatic N) is 4. The summed E-state index contributed by atoms with van der Waals surface area (Å²) < 4.78 is 2.89. The van der Waals surface area contributed by atoms with Crippen molar-refractivity contribution in [3.63, 3.8) is 0 Å². The molecule has 0 aliphatic heterocycles. The van der Waals surface area contributed by atoms with E-state index in [-0.39, 0.29) is 31.6 Å². The van der Waals surface area contributed by atoms with Crippen molar-refractivity contribution in [2.75, 3.05) is 6.79 Å². The van der Waals surface area contributed by atoms with Gasteiger partial charge in [-0.1, -0.05) is 0 Å². The fourth-order valence-corrected chi connectivity index (χ4v) is 1.28. The molecule has 2 rings (SSSR count). The zero-order chi connectivity index (χ0) is 13.5. The second kappa shape index (κ2) is 9.38. The summed E-state index contributed by atoms with van der Waals surface area (Å²) >= 11 is 0. The number of hydrogen-bond acceptors (Lipinski definition) is 2. The van der Waals surface area contributed by atoms with Crippen molar-refractivity contribution in [1.82, 2.24) is 0 Å². The zero-order valence-corrected chi connectivity index (χ0v) is 12.2. The number of halogens is 2. The van der Waals surface area contributed by atoms with Crippen LogP contribution >= 0.6 is 0 Å². The first-order chi connectivity index (χ1) is 9.31. The van der Waals surface area contributed by atoms with Gasteiger partial charge in [0.1, 0.15) is 0 Å². The Morgan fingerprint density at radius 3 is 1.38 bits per heavy atom. The molecule has 0 bridgehead atoms. The molecule has 0 saturated carbocycles. The Morgan fingerprint density at radius 2 is 1.10 bits per heavy atom. The molecule has 0 N–H and O–H groups in total. The summed E-state index contributed by atoms with van der Waals surface area (Å²) in [7, 11) is 0. The van der Waals surface area contributed by atoms with Crippen molar-refractivity contribution in [3.05, 3.63) is 71.9 Å². The molecule has 0 saturated heterocycles. The van der Waals surface area contributed by atoms with Gasteiger partial charge in [-0.25, -0.2) is 19.4 Å². The van der Waals surface area contributed by atoms with E-state index >= 15 is 0 Å². The molecule has 0 aliphatic carbocycles.